The highest BCUT2D eigenvalue weighted by atomic mass is 31.1. The average Bonchev–Trinajstić information content (AvgIpc) is 2.66. The van der Waals surface area contributed by atoms with Gasteiger partial charge in [0.2, 0.25) is 5.78 Å². The third-order valence-corrected chi connectivity index (χ3v) is 2.96. The zero-order valence-corrected chi connectivity index (χ0v) is 9.04. The number of ketones is 1. The summed E-state index contributed by atoms with van der Waals surface area (Å²) in [4.78, 5) is 19.3. The van der Waals surface area contributed by atoms with Crippen LogP contribution in [0.1, 0.15) is 25.7 Å². The summed E-state index contributed by atoms with van der Waals surface area (Å²) >= 11 is 0. The van der Waals surface area contributed by atoms with E-state index in [-0.39, 0.29) is 0 Å². The van der Waals surface area contributed by atoms with Gasteiger partial charge in [0.1, 0.15) is 6.61 Å². The zero-order chi connectivity index (χ0) is 11.5. The third kappa shape index (κ3) is 3.33. The first-order valence-corrected chi connectivity index (χ1v) is 5.98. The van der Waals surface area contributed by atoms with E-state index in [0.29, 0.717) is 25.7 Å². The SMILES string of the molecule is O=C(CO[PH](=O)O)C(F)(F)C1CCCC1. The van der Waals surface area contributed by atoms with Crippen LogP contribution in [-0.2, 0) is 13.9 Å². The largest absolute Gasteiger partial charge is 0.326 e. The van der Waals surface area contributed by atoms with E-state index < -0.39 is 32.5 Å². The van der Waals surface area contributed by atoms with Gasteiger partial charge in [0.15, 0.2) is 0 Å². The van der Waals surface area contributed by atoms with Gasteiger partial charge < -0.3 is 9.42 Å². The van der Waals surface area contributed by atoms with E-state index in [1.807, 2.05) is 0 Å². The Labute approximate surface area is 86.6 Å². The van der Waals surface area contributed by atoms with Crippen LogP contribution in [0.3, 0.4) is 0 Å². The van der Waals surface area contributed by atoms with Crippen molar-refractivity contribution in [3.05, 3.63) is 0 Å². The van der Waals surface area contributed by atoms with Crippen molar-refractivity contribution in [3.63, 3.8) is 0 Å². The number of alkyl halides is 2. The van der Waals surface area contributed by atoms with Crippen molar-refractivity contribution in [1.29, 1.82) is 0 Å². The monoisotopic (exact) mass is 242 g/mol. The van der Waals surface area contributed by atoms with Crippen LogP contribution in [0.15, 0.2) is 0 Å². The van der Waals surface area contributed by atoms with Crippen molar-refractivity contribution in [2.45, 2.75) is 31.6 Å². The van der Waals surface area contributed by atoms with E-state index in [2.05, 4.69) is 4.52 Å². The van der Waals surface area contributed by atoms with Gasteiger partial charge in [-0.05, 0) is 12.8 Å². The minimum Gasteiger partial charge on any atom is -0.326 e. The summed E-state index contributed by atoms with van der Waals surface area (Å²) < 4.78 is 40.9. The lowest BCUT2D eigenvalue weighted by Gasteiger charge is -2.20. The Kier molecular flexibility index (Phi) is 4.37. The Bertz CT molecular complexity index is 263. The predicted molar refractivity (Wildman–Crippen MR) is 49.1 cm³/mol. The fraction of sp³-hybridized carbons (Fsp3) is 0.875. The minimum absolute atomic E-state index is 0.326. The average molecular weight is 242 g/mol. The highest BCUT2D eigenvalue weighted by Gasteiger charge is 2.47. The van der Waals surface area contributed by atoms with Gasteiger partial charge in [-0.1, -0.05) is 12.8 Å². The van der Waals surface area contributed by atoms with E-state index in [0.717, 1.165) is 0 Å². The maximum absolute atomic E-state index is 13.4. The molecule has 1 atom stereocenters. The van der Waals surface area contributed by atoms with Gasteiger partial charge in [-0.2, -0.15) is 8.78 Å². The van der Waals surface area contributed by atoms with Crippen LogP contribution in [0.5, 0.6) is 0 Å². The van der Waals surface area contributed by atoms with Crippen LogP contribution in [0, 0.1) is 5.92 Å². The number of hydrogen-bond donors (Lipinski definition) is 1. The van der Waals surface area contributed by atoms with Gasteiger partial charge in [0.25, 0.3) is 0 Å². The lowest BCUT2D eigenvalue weighted by Crippen LogP contribution is -2.38. The minimum atomic E-state index is -3.42. The topological polar surface area (TPSA) is 63.6 Å². The fourth-order valence-corrected chi connectivity index (χ4v) is 1.99. The van der Waals surface area contributed by atoms with Gasteiger partial charge >= 0.3 is 14.2 Å². The van der Waals surface area contributed by atoms with Crippen molar-refractivity contribution in [2.24, 2.45) is 5.92 Å². The highest BCUT2D eigenvalue weighted by molar-refractivity contribution is 7.32. The fourth-order valence-electron chi connectivity index (χ4n) is 1.74. The first kappa shape index (κ1) is 12.7. The van der Waals surface area contributed by atoms with Crippen molar-refractivity contribution >= 4 is 14.0 Å². The highest BCUT2D eigenvalue weighted by Crippen LogP contribution is 2.38. The summed E-state index contributed by atoms with van der Waals surface area (Å²) in [7, 11) is -3.32. The van der Waals surface area contributed by atoms with Crippen molar-refractivity contribution < 1.29 is 27.6 Å². The summed E-state index contributed by atoms with van der Waals surface area (Å²) in [5.41, 5.74) is 0. The van der Waals surface area contributed by atoms with Crippen LogP contribution in [0.25, 0.3) is 0 Å². The molecule has 0 heterocycles. The van der Waals surface area contributed by atoms with Gasteiger partial charge in [-0.25, -0.2) is 0 Å². The quantitative estimate of drug-likeness (QED) is 0.746. The molecule has 7 heteroatoms. The standard InChI is InChI=1S/C8H13F2O4P/c9-8(10,6-3-1-2-4-6)7(11)5-14-15(12)13/h6,15H,1-5H2,(H,12,13). The lowest BCUT2D eigenvalue weighted by molar-refractivity contribution is -0.153. The maximum Gasteiger partial charge on any atom is 0.317 e. The second-order valence-electron chi connectivity index (χ2n) is 3.58. The number of carbonyl (C=O) groups is 1. The first-order chi connectivity index (χ1) is 6.94. The first-order valence-electron chi connectivity index (χ1n) is 4.71. The summed E-state index contributed by atoms with van der Waals surface area (Å²) in [6.45, 7) is -0.988. The molecule has 1 saturated carbocycles. The van der Waals surface area contributed by atoms with Crippen LogP contribution in [0.2, 0.25) is 0 Å². The molecule has 15 heavy (non-hydrogen) atoms. The van der Waals surface area contributed by atoms with Crippen molar-refractivity contribution in [1.82, 2.24) is 0 Å². The molecule has 1 N–H and O–H groups in total. The Balaban J connectivity index is 2.51. The van der Waals surface area contributed by atoms with Crippen molar-refractivity contribution in [3.8, 4) is 0 Å². The second kappa shape index (κ2) is 5.14. The molecule has 0 spiro atoms. The second-order valence-corrected chi connectivity index (χ2v) is 4.40. The molecule has 1 unspecified atom stereocenters. The summed E-state index contributed by atoms with van der Waals surface area (Å²) in [5, 5.41) is 0. The Morgan fingerprint density at radius 3 is 2.47 bits per heavy atom. The summed E-state index contributed by atoms with van der Waals surface area (Å²) in [6.07, 6.45) is 2.05. The number of rotatable bonds is 5. The van der Waals surface area contributed by atoms with Crippen LogP contribution in [0.4, 0.5) is 8.78 Å². The molecule has 1 aliphatic carbocycles. The van der Waals surface area contributed by atoms with Gasteiger partial charge in [-0.3, -0.25) is 9.36 Å². The zero-order valence-electron chi connectivity index (χ0n) is 8.04. The molecule has 0 aromatic carbocycles. The van der Waals surface area contributed by atoms with Gasteiger partial charge in [-0.15, -0.1) is 0 Å². The van der Waals surface area contributed by atoms with Gasteiger partial charge in [0, 0.05) is 5.92 Å². The van der Waals surface area contributed by atoms with Crippen LogP contribution >= 0.6 is 8.25 Å². The molecule has 0 aromatic rings. The number of halogens is 2. The van der Waals surface area contributed by atoms with Gasteiger partial charge in [0.05, 0.1) is 0 Å². The molecule has 0 aliphatic heterocycles. The summed E-state index contributed by atoms with van der Waals surface area (Å²) in [5.74, 6) is -5.76. The van der Waals surface area contributed by atoms with E-state index in [1.165, 1.54) is 0 Å². The maximum atomic E-state index is 13.4. The van der Waals surface area contributed by atoms with E-state index in [4.69, 9.17) is 4.89 Å². The molecular weight excluding hydrogens is 229 g/mol. The van der Waals surface area contributed by atoms with Crippen LogP contribution in [-0.4, -0.2) is 23.2 Å². The lowest BCUT2D eigenvalue weighted by atomic mass is 9.96. The van der Waals surface area contributed by atoms with E-state index >= 15 is 0 Å². The number of Topliss-reactive ketones (excluding diaryl/α,β-unsaturated/α-hetero) is 1. The third-order valence-electron chi connectivity index (χ3n) is 2.57. The summed E-state index contributed by atoms with van der Waals surface area (Å²) in [6, 6.07) is 0. The number of carbonyl (C=O) groups excluding carboxylic acids is 1. The molecule has 1 aliphatic rings. The molecule has 4 nitrogen and oxygen atoms in total. The predicted octanol–water partition coefficient (Wildman–Crippen LogP) is 1.78. The Morgan fingerprint density at radius 2 is 2.00 bits per heavy atom. The van der Waals surface area contributed by atoms with Crippen LogP contribution < -0.4 is 0 Å². The van der Waals surface area contributed by atoms with E-state index in [1.54, 1.807) is 0 Å². The Hall–Kier alpha value is -0.320. The number of hydrogen-bond acceptors (Lipinski definition) is 3. The Morgan fingerprint density at radius 1 is 1.47 bits per heavy atom. The van der Waals surface area contributed by atoms with E-state index in [9.17, 15) is 18.1 Å². The molecule has 0 radical (unpaired) electrons. The molecule has 0 amide bonds. The van der Waals surface area contributed by atoms with Crippen molar-refractivity contribution in [2.75, 3.05) is 6.61 Å². The molecule has 0 bridgehead atoms. The molecule has 1 rings (SSSR count). The molecule has 0 saturated heterocycles. The normalized spacial score (nSPS) is 20.5. The molecule has 1 fully saturated rings. The smallest absolute Gasteiger partial charge is 0.317 e. The molecule has 0 aromatic heterocycles. The molecule has 88 valence electrons. The molecular formula is C8H13F2O4P.